The fraction of sp³-hybridized carbons (Fsp3) is 0.533. The van der Waals surface area contributed by atoms with Crippen LogP contribution in [0.5, 0.6) is 0 Å². The molecular weight excluding hydrogens is 258 g/mol. The van der Waals surface area contributed by atoms with E-state index in [9.17, 15) is 4.79 Å². The van der Waals surface area contributed by atoms with Crippen molar-refractivity contribution in [2.75, 3.05) is 18.1 Å². The van der Waals surface area contributed by atoms with Crippen molar-refractivity contribution >= 4 is 17.7 Å². The number of carbonyl (C=O) groups excluding carboxylic acids is 1. The average Bonchev–Trinajstić information content (AvgIpc) is 2.47. The zero-order chi connectivity index (χ0) is 13.5. The van der Waals surface area contributed by atoms with Gasteiger partial charge in [-0.15, -0.1) is 0 Å². The molecule has 0 saturated carbocycles. The summed E-state index contributed by atoms with van der Waals surface area (Å²) in [5.74, 6) is 2.16. The molecule has 1 heterocycles. The van der Waals surface area contributed by atoms with Gasteiger partial charge in [-0.3, -0.25) is 5.32 Å². The fourth-order valence-electron chi connectivity index (χ4n) is 2.27. The maximum atomic E-state index is 12.1. The summed E-state index contributed by atoms with van der Waals surface area (Å²) in [5, 5.41) is 3.47. The first kappa shape index (κ1) is 14.4. The van der Waals surface area contributed by atoms with Crippen molar-refractivity contribution in [3.8, 4) is 0 Å². The van der Waals surface area contributed by atoms with Crippen LogP contribution in [0.2, 0.25) is 0 Å². The van der Waals surface area contributed by atoms with Gasteiger partial charge in [0.25, 0.3) is 0 Å². The number of nitrogens with one attached hydrogen (secondary N) is 1. The van der Waals surface area contributed by atoms with Gasteiger partial charge in [0, 0.05) is 6.04 Å². The standard InChI is InChI=1S/C15H21NO2S/c1-2-18-15(17)14(12-6-4-3-5-7-12)16-13-8-10-19-11-9-13/h3-7,13-14,16H,2,8-11H2,1H3/t14-/m1/s1. The normalized spacial score (nSPS) is 17.9. The Morgan fingerprint density at radius 2 is 2.05 bits per heavy atom. The highest BCUT2D eigenvalue weighted by atomic mass is 32.2. The lowest BCUT2D eigenvalue weighted by Gasteiger charge is -2.27. The molecule has 1 aromatic carbocycles. The number of esters is 1. The summed E-state index contributed by atoms with van der Waals surface area (Å²) >= 11 is 1.98. The van der Waals surface area contributed by atoms with Crippen molar-refractivity contribution in [1.82, 2.24) is 5.32 Å². The van der Waals surface area contributed by atoms with Crippen LogP contribution in [0.3, 0.4) is 0 Å². The topological polar surface area (TPSA) is 38.3 Å². The molecule has 0 bridgehead atoms. The van der Waals surface area contributed by atoms with E-state index >= 15 is 0 Å². The molecule has 0 aliphatic carbocycles. The number of ether oxygens (including phenoxy) is 1. The largest absolute Gasteiger partial charge is 0.465 e. The second-order valence-corrected chi connectivity index (χ2v) is 5.87. The first-order valence-electron chi connectivity index (χ1n) is 6.86. The molecule has 1 aliphatic rings. The second kappa shape index (κ2) is 7.56. The number of rotatable bonds is 5. The van der Waals surface area contributed by atoms with Crippen molar-refractivity contribution in [1.29, 1.82) is 0 Å². The molecule has 0 aromatic heterocycles. The number of thioether (sulfide) groups is 1. The summed E-state index contributed by atoms with van der Waals surface area (Å²) in [7, 11) is 0. The minimum atomic E-state index is -0.339. The predicted molar refractivity (Wildman–Crippen MR) is 79.3 cm³/mol. The third-order valence-corrected chi connectivity index (χ3v) is 4.33. The number of hydrogen-bond acceptors (Lipinski definition) is 4. The highest BCUT2D eigenvalue weighted by molar-refractivity contribution is 7.99. The van der Waals surface area contributed by atoms with E-state index in [1.807, 2.05) is 49.0 Å². The predicted octanol–water partition coefficient (Wildman–Crippen LogP) is 2.78. The van der Waals surface area contributed by atoms with Gasteiger partial charge in [-0.25, -0.2) is 4.79 Å². The molecule has 1 atom stereocenters. The van der Waals surface area contributed by atoms with Gasteiger partial charge in [0.1, 0.15) is 6.04 Å². The van der Waals surface area contributed by atoms with Crippen LogP contribution < -0.4 is 5.32 Å². The van der Waals surface area contributed by atoms with Crippen LogP contribution in [0.15, 0.2) is 30.3 Å². The van der Waals surface area contributed by atoms with E-state index in [2.05, 4.69) is 5.32 Å². The van der Waals surface area contributed by atoms with Gasteiger partial charge in [-0.05, 0) is 36.8 Å². The van der Waals surface area contributed by atoms with Gasteiger partial charge in [0.2, 0.25) is 0 Å². The molecular formula is C15H21NO2S. The molecule has 1 aliphatic heterocycles. The zero-order valence-corrected chi connectivity index (χ0v) is 12.1. The Bertz CT molecular complexity index is 390. The van der Waals surface area contributed by atoms with Gasteiger partial charge in [-0.1, -0.05) is 30.3 Å². The van der Waals surface area contributed by atoms with E-state index in [1.165, 1.54) is 11.5 Å². The van der Waals surface area contributed by atoms with E-state index in [-0.39, 0.29) is 12.0 Å². The molecule has 104 valence electrons. The van der Waals surface area contributed by atoms with Gasteiger partial charge in [-0.2, -0.15) is 11.8 Å². The molecule has 0 radical (unpaired) electrons. The van der Waals surface area contributed by atoms with E-state index in [1.54, 1.807) is 0 Å². The Kier molecular flexibility index (Phi) is 5.73. The van der Waals surface area contributed by atoms with Crippen LogP contribution in [0, 0.1) is 0 Å². The Hall–Kier alpha value is -1.00. The molecule has 1 N–H and O–H groups in total. The smallest absolute Gasteiger partial charge is 0.327 e. The third kappa shape index (κ3) is 4.25. The Morgan fingerprint density at radius 3 is 2.68 bits per heavy atom. The highest BCUT2D eigenvalue weighted by Crippen LogP contribution is 2.22. The molecule has 1 saturated heterocycles. The second-order valence-electron chi connectivity index (χ2n) is 4.65. The van der Waals surface area contributed by atoms with Crippen LogP contribution >= 0.6 is 11.8 Å². The first-order valence-corrected chi connectivity index (χ1v) is 8.02. The lowest BCUT2D eigenvalue weighted by atomic mass is 10.0. The van der Waals surface area contributed by atoms with Gasteiger partial charge >= 0.3 is 5.97 Å². The van der Waals surface area contributed by atoms with Gasteiger partial charge in [0.15, 0.2) is 0 Å². The molecule has 0 unspecified atom stereocenters. The van der Waals surface area contributed by atoms with E-state index in [0.717, 1.165) is 18.4 Å². The third-order valence-electron chi connectivity index (χ3n) is 3.28. The van der Waals surface area contributed by atoms with Crippen molar-refractivity contribution < 1.29 is 9.53 Å². The SMILES string of the molecule is CCOC(=O)[C@H](NC1CCSCC1)c1ccccc1. The van der Waals surface area contributed by atoms with Crippen molar-refractivity contribution in [2.45, 2.75) is 31.8 Å². The molecule has 1 aromatic rings. The zero-order valence-electron chi connectivity index (χ0n) is 11.3. The molecule has 0 spiro atoms. The average molecular weight is 279 g/mol. The molecule has 3 nitrogen and oxygen atoms in total. The lowest BCUT2D eigenvalue weighted by molar-refractivity contribution is -0.146. The summed E-state index contributed by atoms with van der Waals surface area (Å²) < 4.78 is 5.19. The molecule has 19 heavy (non-hydrogen) atoms. The summed E-state index contributed by atoms with van der Waals surface area (Å²) in [6.45, 7) is 2.27. The number of hydrogen-bond donors (Lipinski definition) is 1. The Balaban J connectivity index is 2.07. The highest BCUT2D eigenvalue weighted by Gasteiger charge is 2.25. The van der Waals surface area contributed by atoms with Crippen LogP contribution in [-0.4, -0.2) is 30.1 Å². The summed E-state index contributed by atoms with van der Waals surface area (Å²) in [6, 6.07) is 9.91. The Morgan fingerprint density at radius 1 is 1.37 bits per heavy atom. The maximum Gasteiger partial charge on any atom is 0.327 e. The lowest BCUT2D eigenvalue weighted by Crippen LogP contribution is -2.39. The minimum absolute atomic E-state index is 0.174. The quantitative estimate of drug-likeness (QED) is 0.841. The first-order chi connectivity index (χ1) is 9.31. The summed E-state index contributed by atoms with van der Waals surface area (Å²) in [6.07, 6.45) is 2.24. The number of benzene rings is 1. The van der Waals surface area contributed by atoms with Crippen LogP contribution in [0.1, 0.15) is 31.4 Å². The van der Waals surface area contributed by atoms with Crippen LogP contribution in [0.4, 0.5) is 0 Å². The maximum absolute atomic E-state index is 12.1. The molecule has 4 heteroatoms. The monoisotopic (exact) mass is 279 g/mol. The molecule has 0 amide bonds. The fourth-order valence-corrected chi connectivity index (χ4v) is 3.38. The molecule has 2 rings (SSSR count). The van der Waals surface area contributed by atoms with Crippen LogP contribution in [-0.2, 0) is 9.53 Å². The van der Waals surface area contributed by atoms with E-state index in [4.69, 9.17) is 4.74 Å². The van der Waals surface area contributed by atoms with E-state index < -0.39 is 0 Å². The van der Waals surface area contributed by atoms with Crippen molar-refractivity contribution in [2.24, 2.45) is 0 Å². The van der Waals surface area contributed by atoms with Crippen molar-refractivity contribution in [3.63, 3.8) is 0 Å². The van der Waals surface area contributed by atoms with Gasteiger partial charge < -0.3 is 4.74 Å². The van der Waals surface area contributed by atoms with Crippen LogP contribution in [0.25, 0.3) is 0 Å². The molecule has 1 fully saturated rings. The van der Waals surface area contributed by atoms with Gasteiger partial charge in [0.05, 0.1) is 6.61 Å². The Labute approximate surface area is 119 Å². The summed E-state index contributed by atoms with van der Waals surface area (Å²) in [5.41, 5.74) is 0.985. The summed E-state index contributed by atoms with van der Waals surface area (Å²) in [4.78, 5) is 12.1. The van der Waals surface area contributed by atoms with Crippen molar-refractivity contribution in [3.05, 3.63) is 35.9 Å². The number of carbonyl (C=O) groups is 1. The minimum Gasteiger partial charge on any atom is -0.465 e. The van der Waals surface area contributed by atoms with E-state index in [0.29, 0.717) is 12.6 Å².